The Morgan fingerprint density at radius 1 is 0.931 bits per heavy atom. The summed E-state index contributed by atoms with van der Waals surface area (Å²) in [5.41, 5.74) is 10.6. The molecule has 0 bridgehead atoms. The number of halogens is 1. The molecule has 0 saturated heterocycles. The van der Waals surface area contributed by atoms with Gasteiger partial charge in [-0.3, -0.25) is 0 Å². The fourth-order valence-electron chi connectivity index (χ4n) is 3.79. The first-order chi connectivity index (χ1) is 13.7. The van der Waals surface area contributed by atoms with Crippen molar-refractivity contribution in [3.63, 3.8) is 0 Å². The van der Waals surface area contributed by atoms with Crippen molar-refractivity contribution >= 4 is 23.3 Å². The molecular weight excluding hydrogens is 384 g/mol. The zero-order valence-corrected chi connectivity index (χ0v) is 17.1. The van der Waals surface area contributed by atoms with Gasteiger partial charge in [0.2, 0.25) is 0 Å². The highest BCUT2D eigenvalue weighted by Crippen LogP contribution is 2.31. The molecule has 2 aromatic carbocycles. The summed E-state index contributed by atoms with van der Waals surface area (Å²) in [6.45, 7) is 0.177. The maximum atomic E-state index is 9.22. The number of hydrogen-bond acceptors (Lipinski definition) is 3. The third-order valence-electron chi connectivity index (χ3n) is 5.33. The normalized spacial score (nSPS) is 13.2. The van der Waals surface area contributed by atoms with Crippen LogP contribution in [0.5, 0.6) is 0 Å². The van der Waals surface area contributed by atoms with Gasteiger partial charge in [0.25, 0.3) is 0 Å². The molecule has 2 aromatic heterocycles. The van der Waals surface area contributed by atoms with Crippen molar-refractivity contribution in [3.8, 4) is 11.3 Å². The van der Waals surface area contributed by atoms with Crippen molar-refractivity contribution < 1.29 is 5.11 Å². The van der Waals surface area contributed by atoms with Crippen LogP contribution in [-0.2, 0) is 12.0 Å². The van der Waals surface area contributed by atoms with Gasteiger partial charge in [-0.2, -0.15) is 0 Å². The number of aliphatic hydroxyl groups excluding tert-OH is 1. The molecule has 0 fully saturated rings. The van der Waals surface area contributed by atoms with Crippen molar-refractivity contribution in [1.82, 2.24) is 15.0 Å². The highest BCUT2D eigenvalue weighted by atomic mass is 35.5. The highest BCUT2D eigenvalue weighted by molar-refractivity contribution is 5.85. The Labute approximate surface area is 176 Å². The third-order valence-corrected chi connectivity index (χ3v) is 5.33. The number of aromatic nitrogens is 3. The van der Waals surface area contributed by atoms with Crippen LogP contribution in [0.15, 0.2) is 67.0 Å². The Hall–Kier alpha value is -2.60. The fraction of sp³-hybridized carbons (Fsp3) is 0.261. The molecule has 6 heteroatoms. The van der Waals surface area contributed by atoms with E-state index in [1.165, 1.54) is 10.9 Å². The summed E-state index contributed by atoms with van der Waals surface area (Å²) in [5.74, 6) is 0.787. The minimum atomic E-state index is -0.632. The maximum Gasteiger partial charge on any atom is 0.127 e. The van der Waals surface area contributed by atoms with Crippen molar-refractivity contribution in [2.45, 2.75) is 31.2 Å². The third kappa shape index (κ3) is 4.53. The predicted molar refractivity (Wildman–Crippen MR) is 120 cm³/mol. The van der Waals surface area contributed by atoms with Gasteiger partial charge in [0, 0.05) is 35.5 Å². The molecule has 4 aromatic rings. The van der Waals surface area contributed by atoms with E-state index in [4.69, 9.17) is 10.7 Å². The molecule has 0 amide bonds. The molecule has 0 radical (unpaired) electrons. The van der Waals surface area contributed by atoms with Gasteiger partial charge >= 0.3 is 0 Å². The Kier molecular flexibility index (Phi) is 6.75. The summed E-state index contributed by atoms with van der Waals surface area (Å²) in [6.07, 6.45) is 6.96. The van der Waals surface area contributed by atoms with Gasteiger partial charge in [-0.05, 0) is 37.3 Å². The molecule has 4 rings (SSSR count). The number of aromatic amines is 2. The predicted octanol–water partition coefficient (Wildman–Crippen LogP) is 4.54. The zero-order valence-electron chi connectivity index (χ0n) is 16.3. The molecular formula is C23H27ClN4O. The van der Waals surface area contributed by atoms with Crippen molar-refractivity contribution in [2.75, 3.05) is 6.61 Å². The smallest absolute Gasteiger partial charge is 0.127 e. The van der Waals surface area contributed by atoms with Crippen LogP contribution in [0.3, 0.4) is 0 Å². The van der Waals surface area contributed by atoms with Crippen LogP contribution in [0.25, 0.3) is 22.2 Å². The number of rotatable bonds is 8. The first-order valence-electron chi connectivity index (χ1n) is 9.76. The van der Waals surface area contributed by atoms with Gasteiger partial charge in [-0.25, -0.2) is 4.98 Å². The number of hydrogen-bond donors (Lipinski definition) is 4. The van der Waals surface area contributed by atoms with E-state index in [1.807, 2.05) is 54.9 Å². The lowest BCUT2D eigenvalue weighted by Crippen LogP contribution is -2.40. The van der Waals surface area contributed by atoms with Gasteiger partial charge in [0.1, 0.15) is 5.82 Å². The lowest BCUT2D eigenvalue weighted by molar-refractivity contribution is 0.270. The molecule has 5 nitrogen and oxygen atoms in total. The van der Waals surface area contributed by atoms with E-state index in [2.05, 4.69) is 22.1 Å². The second-order valence-corrected chi connectivity index (χ2v) is 7.37. The van der Waals surface area contributed by atoms with Crippen LogP contribution in [0.4, 0.5) is 0 Å². The molecule has 0 aliphatic rings. The lowest BCUT2D eigenvalue weighted by Gasteiger charge is -2.27. The molecule has 0 aliphatic carbocycles. The van der Waals surface area contributed by atoms with E-state index >= 15 is 0 Å². The lowest BCUT2D eigenvalue weighted by atomic mass is 9.86. The van der Waals surface area contributed by atoms with E-state index in [0.717, 1.165) is 41.9 Å². The van der Waals surface area contributed by atoms with Crippen molar-refractivity contribution in [3.05, 3.63) is 78.4 Å². The topological polar surface area (TPSA) is 90.7 Å². The van der Waals surface area contributed by atoms with E-state index in [0.29, 0.717) is 6.42 Å². The number of nitrogens with one attached hydrogen (secondary N) is 2. The van der Waals surface area contributed by atoms with Gasteiger partial charge in [-0.1, -0.05) is 48.5 Å². The summed E-state index contributed by atoms with van der Waals surface area (Å²) in [6, 6.07) is 18.4. The summed E-state index contributed by atoms with van der Waals surface area (Å²) >= 11 is 0. The summed E-state index contributed by atoms with van der Waals surface area (Å²) in [7, 11) is 0. The van der Waals surface area contributed by atoms with Crippen LogP contribution in [0.2, 0.25) is 0 Å². The van der Waals surface area contributed by atoms with Gasteiger partial charge in [0.15, 0.2) is 0 Å². The van der Waals surface area contributed by atoms with Crippen molar-refractivity contribution in [1.29, 1.82) is 0 Å². The Bertz CT molecular complexity index is 1040. The molecule has 0 aliphatic heterocycles. The SMILES string of the molecule is Cl.N[C@@](CCCCO)(Cc1c[nH]c2ccccc12)c1nc(-c2ccccc2)c[nH]1. The number of fused-ring (bicyclic) bond motifs is 1. The fourth-order valence-corrected chi connectivity index (χ4v) is 3.79. The molecule has 0 unspecified atom stereocenters. The number of unbranched alkanes of at least 4 members (excludes halogenated alkanes) is 1. The Morgan fingerprint density at radius 3 is 2.48 bits per heavy atom. The van der Waals surface area contributed by atoms with Gasteiger partial charge < -0.3 is 20.8 Å². The van der Waals surface area contributed by atoms with E-state index in [1.54, 1.807) is 0 Å². The summed E-state index contributed by atoms with van der Waals surface area (Å²) in [5, 5.41) is 10.4. The van der Waals surface area contributed by atoms with Crippen LogP contribution in [0, 0.1) is 0 Å². The first-order valence-corrected chi connectivity index (χ1v) is 9.76. The molecule has 2 heterocycles. The van der Waals surface area contributed by atoms with E-state index < -0.39 is 5.54 Å². The zero-order chi connectivity index (χ0) is 19.4. The maximum absolute atomic E-state index is 9.22. The van der Waals surface area contributed by atoms with Crippen LogP contribution < -0.4 is 5.73 Å². The minimum absolute atomic E-state index is 0. The average Bonchev–Trinajstić information content (AvgIpc) is 3.37. The monoisotopic (exact) mass is 410 g/mol. The number of aliphatic hydroxyl groups is 1. The Morgan fingerprint density at radius 2 is 1.69 bits per heavy atom. The second kappa shape index (κ2) is 9.27. The number of H-pyrrole nitrogens is 2. The number of nitrogens with two attached hydrogens (primary N) is 1. The molecule has 29 heavy (non-hydrogen) atoms. The van der Waals surface area contributed by atoms with Gasteiger partial charge in [-0.15, -0.1) is 12.4 Å². The highest BCUT2D eigenvalue weighted by Gasteiger charge is 2.31. The number of para-hydroxylation sites is 1. The van der Waals surface area contributed by atoms with Crippen molar-refractivity contribution in [2.24, 2.45) is 5.73 Å². The second-order valence-electron chi connectivity index (χ2n) is 7.37. The molecule has 1 atom stereocenters. The molecule has 152 valence electrons. The van der Waals surface area contributed by atoms with Crippen LogP contribution in [-0.4, -0.2) is 26.7 Å². The van der Waals surface area contributed by atoms with Gasteiger partial charge in [0.05, 0.1) is 11.2 Å². The minimum Gasteiger partial charge on any atom is -0.396 e. The quantitative estimate of drug-likeness (QED) is 0.321. The number of nitrogens with zero attached hydrogens (tertiary/aromatic N) is 1. The standard InChI is InChI=1S/C23H26N4O.ClH/c24-23(12-6-7-13-28,14-18-15-25-20-11-5-4-10-19(18)20)22-26-16-21(27-22)17-8-2-1-3-9-17;/h1-5,8-11,15-16,25,28H,6-7,12-14,24H2,(H,26,27);1H/t23-;/m0./s1. The number of imidazole rings is 1. The molecule has 0 saturated carbocycles. The van der Waals surface area contributed by atoms with E-state index in [9.17, 15) is 5.11 Å². The van der Waals surface area contributed by atoms with E-state index in [-0.39, 0.29) is 19.0 Å². The molecule has 0 spiro atoms. The van der Waals surface area contributed by atoms with Crippen LogP contribution >= 0.6 is 12.4 Å². The number of benzene rings is 2. The largest absolute Gasteiger partial charge is 0.396 e. The summed E-state index contributed by atoms with van der Waals surface area (Å²) in [4.78, 5) is 11.5. The first kappa shape index (κ1) is 21.1. The Balaban J connectivity index is 0.00000240. The summed E-state index contributed by atoms with van der Waals surface area (Å²) < 4.78 is 0. The van der Waals surface area contributed by atoms with Crippen LogP contribution in [0.1, 0.15) is 30.7 Å². The average molecular weight is 411 g/mol. The molecule has 5 N–H and O–H groups in total.